The number of nitrogens with zero attached hydrogens (tertiary/aromatic N) is 1. The van der Waals surface area contributed by atoms with Crippen LogP contribution in [0.2, 0.25) is 0 Å². The molecule has 1 unspecified atom stereocenters. The number of ether oxygens (including phenoxy) is 1. The summed E-state index contributed by atoms with van der Waals surface area (Å²) in [6.45, 7) is 5.78. The topological polar surface area (TPSA) is 49.8 Å². The summed E-state index contributed by atoms with van der Waals surface area (Å²) in [4.78, 5) is 10.7. The maximum Gasteiger partial charge on any atom is 0.434 e. The average molecular weight is 157 g/mol. The summed E-state index contributed by atoms with van der Waals surface area (Å²) in [5, 5.41) is 9.69. The number of hydrogen-bond donors (Lipinski definition) is 1. The fourth-order valence-electron chi connectivity index (χ4n) is 1.03. The number of hydrogen-bond acceptors (Lipinski definition) is 3. The number of amides is 1. The maximum atomic E-state index is 10.7. The Morgan fingerprint density at radius 2 is 2.55 bits per heavy atom. The van der Waals surface area contributed by atoms with Crippen molar-refractivity contribution in [2.45, 2.75) is 19.4 Å². The lowest BCUT2D eigenvalue weighted by molar-refractivity contribution is -0.119. The number of carbonyl (C=O) groups excluding carboxylic acids is 1. The van der Waals surface area contributed by atoms with E-state index in [1.165, 1.54) is 0 Å². The summed E-state index contributed by atoms with van der Waals surface area (Å²) in [6, 6.07) is -0.281. The Bertz CT molecular complexity index is 190. The van der Waals surface area contributed by atoms with Gasteiger partial charge < -0.3 is 4.74 Å². The third-order valence-corrected chi connectivity index (χ3v) is 1.67. The van der Waals surface area contributed by atoms with E-state index in [9.17, 15) is 4.79 Å². The first-order chi connectivity index (χ1) is 5.13. The number of cyclic esters (lactones) is 1. The molecule has 0 saturated carbocycles. The van der Waals surface area contributed by atoms with E-state index < -0.39 is 6.09 Å². The van der Waals surface area contributed by atoms with Gasteiger partial charge in [-0.15, -0.1) is 0 Å². The molecule has 0 bridgehead atoms. The first-order valence-electron chi connectivity index (χ1n) is 3.43. The summed E-state index contributed by atoms with van der Waals surface area (Å²) in [7, 11) is 0. The van der Waals surface area contributed by atoms with E-state index in [2.05, 4.69) is 11.3 Å². The quantitative estimate of drug-likeness (QED) is 0.459. The monoisotopic (exact) mass is 157 g/mol. The number of carbonyl (C=O) groups is 1. The molecule has 0 aliphatic carbocycles. The van der Waals surface area contributed by atoms with E-state index in [1.54, 1.807) is 6.92 Å². The van der Waals surface area contributed by atoms with Crippen molar-refractivity contribution >= 4 is 6.09 Å². The molecule has 1 rings (SSSR count). The Morgan fingerprint density at radius 3 is 3.00 bits per heavy atom. The fourth-order valence-corrected chi connectivity index (χ4v) is 1.03. The van der Waals surface area contributed by atoms with Crippen LogP contribution in [0, 0.1) is 0 Å². The van der Waals surface area contributed by atoms with Gasteiger partial charge in [0.1, 0.15) is 0 Å². The van der Waals surface area contributed by atoms with Crippen LogP contribution in [0.4, 0.5) is 4.79 Å². The highest BCUT2D eigenvalue weighted by molar-refractivity contribution is 5.67. The van der Waals surface area contributed by atoms with Gasteiger partial charge in [-0.3, -0.25) is 5.21 Å². The lowest BCUT2D eigenvalue weighted by atomic mass is 10.1. The second-order valence-corrected chi connectivity index (χ2v) is 2.61. The van der Waals surface area contributed by atoms with Crippen LogP contribution >= 0.6 is 0 Å². The smallest absolute Gasteiger partial charge is 0.434 e. The molecule has 1 N–H and O–H groups in total. The van der Waals surface area contributed by atoms with E-state index in [0.717, 1.165) is 5.57 Å². The summed E-state index contributed by atoms with van der Waals surface area (Å²) in [6.07, 6.45) is -0.0818. The molecule has 0 aromatic carbocycles. The van der Waals surface area contributed by atoms with Crippen LogP contribution < -0.4 is 0 Å². The van der Waals surface area contributed by atoms with E-state index >= 15 is 0 Å². The minimum absolute atomic E-state index is 0.281. The fraction of sp³-hybridized carbons (Fsp3) is 0.571. The molecule has 1 saturated heterocycles. The van der Waals surface area contributed by atoms with Crippen molar-refractivity contribution in [2.24, 2.45) is 0 Å². The molecule has 4 heteroatoms. The van der Waals surface area contributed by atoms with Crippen molar-refractivity contribution in [2.75, 3.05) is 6.61 Å². The molecular formula is C7H11NO3. The summed E-state index contributed by atoms with van der Waals surface area (Å²) < 4.78 is 4.57. The van der Waals surface area contributed by atoms with Gasteiger partial charge in [0.25, 0.3) is 0 Å². The molecule has 4 nitrogen and oxygen atoms in total. The highest BCUT2D eigenvalue weighted by atomic mass is 16.6. The summed E-state index contributed by atoms with van der Waals surface area (Å²) in [5.41, 5.74) is 0.768. The molecule has 62 valence electrons. The van der Waals surface area contributed by atoms with Crippen molar-refractivity contribution in [3.8, 4) is 0 Å². The highest BCUT2D eigenvalue weighted by Crippen LogP contribution is 2.16. The van der Waals surface area contributed by atoms with Crippen LogP contribution in [-0.2, 0) is 4.74 Å². The lowest BCUT2D eigenvalue weighted by Gasteiger charge is -2.29. The van der Waals surface area contributed by atoms with Crippen LogP contribution in [0.25, 0.3) is 0 Å². The minimum Gasteiger partial charge on any atom is -0.448 e. The molecule has 1 aliphatic heterocycles. The lowest BCUT2D eigenvalue weighted by Crippen LogP contribution is -2.43. The first-order valence-corrected chi connectivity index (χ1v) is 3.43. The zero-order chi connectivity index (χ0) is 8.43. The van der Waals surface area contributed by atoms with Crippen molar-refractivity contribution < 1.29 is 14.7 Å². The van der Waals surface area contributed by atoms with Crippen LogP contribution in [0.15, 0.2) is 12.2 Å². The summed E-state index contributed by atoms with van der Waals surface area (Å²) >= 11 is 0. The van der Waals surface area contributed by atoms with Gasteiger partial charge in [0.2, 0.25) is 0 Å². The predicted octanol–water partition coefficient (Wildman–Crippen LogP) is 1.16. The molecule has 0 spiro atoms. The SMILES string of the molecule is C=C(C)C1CCOC(=O)N1O. The van der Waals surface area contributed by atoms with E-state index in [-0.39, 0.29) is 6.04 Å². The van der Waals surface area contributed by atoms with E-state index in [1.807, 2.05) is 0 Å². The van der Waals surface area contributed by atoms with Gasteiger partial charge in [0.05, 0.1) is 12.6 Å². The normalized spacial score (nSPS) is 24.7. The van der Waals surface area contributed by atoms with Gasteiger partial charge in [0.15, 0.2) is 0 Å². The van der Waals surface area contributed by atoms with E-state index in [4.69, 9.17) is 5.21 Å². The Morgan fingerprint density at radius 1 is 1.91 bits per heavy atom. The first kappa shape index (κ1) is 8.07. The van der Waals surface area contributed by atoms with Gasteiger partial charge in [0, 0.05) is 6.42 Å². The van der Waals surface area contributed by atoms with E-state index in [0.29, 0.717) is 18.1 Å². The number of hydroxylamine groups is 2. The molecular weight excluding hydrogens is 146 g/mol. The van der Waals surface area contributed by atoms with Crippen molar-refractivity contribution in [3.63, 3.8) is 0 Å². The third kappa shape index (κ3) is 1.51. The van der Waals surface area contributed by atoms with Crippen molar-refractivity contribution in [3.05, 3.63) is 12.2 Å². The zero-order valence-corrected chi connectivity index (χ0v) is 6.41. The number of rotatable bonds is 1. The largest absolute Gasteiger partial charge is 0.448 e. The Labute approximate surface area is 65.0 Å². The maximum absolute atomic E-state index is 10.7. The molecule has 0 aromatic heterocycles. The molecule has 1 amide bonds. The van der Waals surface area contributed by atoms with Gasteiger partial charge in [-0.1, -0.05) is 12.2 Å². The van der Waals surface area contributed by atoms with Crippen molar-refractivity contribution in [1.82, 2.24) is 5.06 Å². The van der Waals surface area contributed by atoms with Crippen LogP contribution in [0.3, 0.4) is 0 Å². The van der Waals surface area contributed by atoms with Gasteiger partial charge in [-0.2, -0.15) is 5.06 Å². The molecule has 1 atom stereocenters. The Kier molecular flexibility index (Phi) is 2.14. The van der Waals surface area contributed by atoms with Gasteiger partial charge in [-0.25, -0.2) is 4.79 Å². The molecule has 11 heavy (non-hydrogen) atoms. The van der Waals surface area contributed by atoms with Crippen LogP contribution in [0.5, 0.6) is 0 Å². The Balaban J connectivity index is 2.65. The molecule has 1 heterocycles. The molecule has 1 aliphatic rings. The summed E-state index contributed by atoms with van der Waals surface area (Å²) in [5.74, 6) is 0. The van der Waals surface area contributed by atoms with Crippen molar-refractivity contribution in [1.29, 1.82) is 0 Å². The predicted molar refractivity (Wildman–Crippen MR) is 38.2 cm³/mol. The van der Waals surface area contributed by atoms with Crippen LogP contribution in [-0.4, -0.2) is 29.0 Å². The third-order valence-electron chi connectivity index (χ3n) is 1.67. The van der Waals surface area contributed by atoms with Gasteiger partial charge >= 0.3 is 6.09 Å². The zero-order valence-electron chi connectivity index (χ0n) is 6.41. The van der Waals surface area contributed by atoms with Crippen LogP contribution in [0.1, 0.15) is 13.3 Å². The minimum atomic E-state index is -0.691. The second kappa shape index (κ2) is 2.92. The Hall–Kier alpha value is -1.03. The second-order valence-electron chi connectivity index (χ2n) is 2.61. The molecule has 0 aromatic rings. The van der Waals surface area contributed by atoms with Gasteiger partial charge in [-0.05, 0) is 6.92 Å². The molecule has 0 radical (unpaired) electrons. The molecule has 1 fully saturated rings. The standard InChI is InChI=1S/C7H11NO3/c1-5(2)6-3-4-11-7(9)8(6)10/h6,10H,1,3-4H2,2H3. The average Bonchev–Trinajstić information content (AvgIpc) is 1.94. The highest BCUT2D eigenvalue weighted by Gasteiger charge is 2.28.